The third-order valence-corrected chi connectivity index (χ3v) is 1.60. The van der Waals surface area contributed by atoms with Crippen LogP contribution in [0.1, 0.15) is 32.6 Å². The lowest BCUT2D eigenvalue weighted by Gasteiger charge is -2.09. The lowest BCUT2D eigenvalue weighted by Crippen LogP contribution is -2.28. The highest BCUT2D eigenvalue weighted by Gasteiger charge is 1.96. The van der Waals surface area contributed by atoms with E-state index in [9.17, 15) is 0 Å². The molecule has 3 N–H and O–H groups in total. The summed E-state index contributed by atoms with van der Waals surface area (Å²) in [7, 11) is 0. The Morgan fingerprint density at radius 3 is 2.55 bits per heavy atom. The van der Waals surface area contributed by atoms with Crippen molar-refractivity contribution in [2.45, 2.75) is 38.8 Å². The molecule has 0 aliphatic rings. The molecule has 0 aromatic rings. The van der Waals surface area contributed by atoms with Crippen LogP contribution in [-0.4, -0.2) is 29.6 Å². The van der Waals surface area contributed by atoms with Crippen LogP contribution < -0.4 is 5.32 Å². The lowest BCUT2D eigenvalue weighted by atomic mass is 10.2. The van der Waals surface area contributed by atoms with E-state index in [1.54, 1.807) is 0 Å². The Morgan fingerprint density at radius 1 is 1.27 bits per heavy atom. The molecular formula is C8H19NO2. The molecule has 0 saturated carbocycles. The molecule has 0 aliphatic carbocycles. The zero-order valence-corrected chi connectivity index (χ0v) is 7.21. The quantitative estimate of drug-likeness (QED) is 0.376. The number of hydrogen-bond acceptors (Lipinski definition) is 3. The van der Waals surface area contributed by atoms with Crippen LogP contribution in [0.2, 0.25) is 0 Å². The molecule has 0 aliphatic heterocycles. The lowest BCUT2D eigenvalue weighted by molar-refractivity contribution is 0.132. The SMILES string of the molecule is CCC(O)NCCCCCO. The fourth-order valence-electron chi connectivity index (χ4n) is 0.827. The van der Waals surface area contributed by atoms with Gasteiger partial charge in [0.2, 0.25) is 0 Å². The number of rotatable bonds is 7. The monoisotopic (exact) mass is 161 g/mol. The van der Waals surface area contributed by atoms with Crippen LogP contribution in [0.15, 0.2) is 0 Å². The average Bonchev–Trinajstić information content (AvgIpc) is 2.04. The zero-order valence-electron chi connectivity index (χ0n) is 7.21. The summed E-state index contributed by atoms with van der Waals surface area (Å²) < 4.78 is 0. The van der Waals surface area contributed by atoms with Crippen LogP contribution in [0.4, 0.5) is 0 Å². The first-order valence-electron chi connectivity index (χ1n) is 4.33. The van der Waals surface area contributed by atoms with Crippen LogP contribution in [-0.2, 0) is 0 Å². The van der Waals surface area contributed by atoms with Crippen LogP contribution in [0.25, 0.3) is 0 Å². The van der Waals surface area contributed by atoms with Crippen molar-refractivity contribution in [1.82, 2.24) is 5.32 Å². The Hall–Kier alpha value is -0.120. The molecule has 3 nitrogen and oxygen atoms in total. The Bertz CT molecular complexity index is 78.5. The predicted octanol–water partition coefficient (Wildman–Crippen LogP) is 0.467. The van der Waals surface area contributed by atoms with Crippen molar-refractivity contribution in [2.75, 3.05) is 13.2 Å². The van der Waals surface area contributed by atoms with Gasteiger partial charge < -0.3 is 10.2 Å². The van der Waals surface area contributed by atoms with Crippen LogP contribution in [0, 0.1) is 0 Å². The molecule has 0 rings (SSSR count). The molecule has 0 radical (unpaired) electrons. The molecule has 0 aromatic heterocycles. The second kappa shape index (κ2) is 7.98. The summed E-state index contributed by atoms with van der Waals surface area (Å²) in [4.78, 5) is 0. The number of aliphatic hydroxyl groups excluding tert-OH is 2. The Morgan fingerprint density at radius 2 is 2.00 bits per heavy atom. The Labute approximate surface area is 68.4 Å². The zero-order chi connectivity index (χ0) is 8.53. The maximum atomic E-state index is 9.05. The summed E-state index contributed by atoms with van der Waals surface area (Å²) >= 11 is 0. The summed E-state index contributed by atoms with van der Waals surface area (Å²) in [5.74, 6) is 0. The van der Waals surface area contributed by atoms with Crippen molar-refractivity contribution in [3.63, 3.8) is 0 Å². The van der Waals surface area contributed by atoms with E-state index in [0.717, 1.165) is 32.2 Å². The van der Waals surface area contributed by atoms with Crippen LogP contribution in [0.3, 0.4) is 0 Å². The van der Waals surface area contributed by atoms with Gasteiger partial charge >= 0.3 is 0 Å². The molecule has 1 atom stereocenters. The summed E-state index contributed by atoms with van der Waals surface area (Å²) in [5.41, 5.74) is 0. The molecule has 1 unspecified atom stereocenters. The smallest absolute Gasteiger partial charge is 0.104 e. The van der Waals surface area contributed by atoms with Crippen molar-refractivity contribution in [1.29, 1.82) is 0 Å². The van der Waals surface area contributed by atoms with E-state index >= 15 is 0 Å². The summed E-state index contributed by atoms with van der Waals surface area (Å²) in [6.07, 6.45) is 3.31. The standard InChI is InChI=1S/C8H19NO2/c1-2-8(11)9-6-4-3-5-7-10/h8-11H,2-7H2,1H3. The molecule has 0 heterocycles. The molecule has 0 fully saturated rings. The van der Waals surface area contributed by atoms with Crippen molar-refractivity contribution in [3.8, 4) is 0 Å². The fraction of sp³-hybridized carbons (Fsp3) is 1.00. The van der Waals surface area contributed by atoms with Gasteiger partial charge in [-0.05, 0) is 32.2 Å². The number of hydrogen-bond donors (Lipinski definition) is 3. The van der Waals surface area contributed by atoms with E-state index in [2.05, 4.69) is 5.32 Å². The fourth-order valence-corrected chi connectivity index (χ4v) is 0.827. The minimum atomic E-state index is -0.357. The van der Waals surface area contributed by atoms with Gasteiger partial charge in [-0.2, -0.15) is 0 Å². The number of unbranched alkanes of at least 4 members (excludes halogenated alkanes) is 2. The Balaban J connectivity index is 2.89. The van der Waals surface area contributed by atoms with Crippen LogP contribution >= 0.6 is 0 Å². The third kappa shape index (κ3) is 7.78. The van der Waals surface area contributed by atoms with Gasteiger partial charge in [0.15, 0.2) is 0 Å². The first-order valence-corrected chi connectivity index (χ1v) is 4.33. The van der Waals surface area contributed by atoms with Gasteiger partial charge in [0.25, 0.3) is 0 Å². The van der Waals surface area contributed by atoms with Gasteiger partial charge in [-0.3, -0.25) is 5.32 Å². The first-order chi connectivity index (χ1) is 5.31. The summed E-state index contributed by atoms with van der Waals surface area (Å²) in [6, 6.07) is 0. The highest BCUT2D eigenvalue weighted by molar-refractivity contribution is 4.50. The van der Waals surface area contributed by atoms with Gasteiger partial charge in [-0.1, -0.05) is 6.92 Å². The second-order valence-electron chi connectivity index (χ2n) is 2.66. The first kappa shape index (κ1) is 10.9. The topological polar surface area (TPSA) is 52.5 Å². The van der Waals surface area contributed by atoms with E-state index in [-0.39, 0.29) is 12.8 Å². The predicted molar refractivity (Wildman–Crippen MR) is 45.2 cm³/mol. The van der Waals surface area contributed by atoms with Gasteiger partial charge in [0.05, 0.1) is 0 Å². The van der Waals surface area contributed by atoms with E-state index in [1.807, 2.05) is 6.92 Å². The summed E-state index contributed by atoms with van der Waals surface area (Å²) in [5, 5.41) is 20.5. The van der Waals surface area contributed by atoms with Gasteiger partial charge in [0.1, 0.15) is 6.23 Å². The number of nitrogens with one attached hydrogen (secondary N) is 1. The molecule has 0 spiro atoms. The molecule has 3 heteroatoms. The van der Waals surface area contributed by atoms with Gasteiger partial charge in [-0.15, -0.1) is 0 Å². The molecule has 11 heavy (non-hydrogen) atoms. The second-order valence-corrected chi connectivity index (χ2v) is 2.66. The van der Waals surface area contributed by atoms with Crippen molar-refractivity contribution >= 4 is 0 Å². The van der Waals surface area contributed by atoms with Crippen molar-refractivity contribution in [2.24, 2.45) is 0 Å². The minimum absolute atomic E-state index is 0.274. The third-order valence-electron chi connectivity index (χ3n) is 1.60. The average molecular weight is 161 g/mol. The van der Waals surface area contributed by atoms with E-state index in [0.29, 0.717) is 0 Å². The molecule has 0 bridgehead atoms. The molecule has 0 saturated heterocycles. The highest BCUT2D eigenvalue weighted by atomic mass is 16.3. The molecule has 68 valence electrons. The van der Waals surface area contributed by atoms with E-state index < -0.39 is 0 Å². The molecule has 0 amide bonds. The van der Waals surface area contributed by atoms with Crippen LogP contribution in [0.5, 0.6) is 0 Å². The largest absolute Gasteiger partial charge is 0.396 e. The van der Waals surface area contributed by atoms with E-state index in [4.69, 9.17) is 10.2 Å². The maximum Gasteiger partial charge on any atom is 0.104 e. The molecular weight excluding hydrogens is 142 g/mol. The molecule has 0 aromatic carbocycles. The van der Waals surface area contributed by atoms with Crippen molar-refractivity contribution in [3.05, 3.63) is 0 Å². The van der Waals surface area contributed by atoms with Gasteiger partial charge in [-0.25, -0.2) is 0 Å². The summed E-state index contributed by atoms with van der Waals surface area (Å²) in [6.45, 7) is 3.05. The number of aliphatic hydroxyl groups is 2. The highest BCUT2D eigenvalue weighted by Crippen LogP contribution is 1.93. The minimum Gasteiger partial charge on any atom is -0.396 e. The van der Waals surface area contributed by atoms with E-state index in [1.165, 1.54) is 0 Å². The normalized spacial score (nSPS) is 13.4. The Kier molecular flexibility index (Phi) is 7.89. The maximum absolute atomic E-state index is 9.05. The van der Waals surface area contributed by atoms with Crippen molar-refractivity contribution < 1.29 is 10.2 Å². The van der Waals surface area contributed by atoms with Gasteiger partial charge in [0, 0.05) is 6.61 Å².